The van der Waals surface area contributed by atoms with Gasteiger partial charge in [-0.2, -0.15) is 8.78 Å². The van der Waals surface area contributed by atoms with Crippen molar-refractivity contribution in [2.75, 3.05) is 5.75 Å². The number of aliphatic imine (C=N–C) groups is 1. The van der Waals surface area contributed by atoms with Gasteiger partial charge in [0.1, 0.15) is 11.3 Å². The molecule has 0 radical (unpaired) electrons. The van der Waals surface area contributed by atoms with Crippen LogP contribution in [0, 0.1) is 11.9 Å². The molecule has 1 unspecified atom stereocenters. The number of pyridine rings is 2. The van der Waals surface area contributed by atoms with E-state index in [1.807, 2.05) is 0 Å². The van der Waals surface area contributed by atoms with Crippen molar-refractivity contribution in [2.24, 2.45) is 10.7 Å². The van der Waals surface area contributed by atoms with Crippen LogP contribution in [0.1, 0.15) is 11.1 Å². The zero-order valence-electron chi connectivity index (χ0n) is 13.8. The summed E-state index contributed by atoms with van der Waals surface area (Å²) in [7, 11) is 0. The first-order chi connectivity index (χ1) is 13.1. The van der Waals surface area contributed by atoms with Crippen LogP contribution in [0.2, 0.25) is 0 Å². The minimum Gasteiger partial charge on any atom is -0.452 e. The molecule has 2 N–H and O–H groups in total. The first-order valence-electron chi connectivity index (χ1n) is 8.15. The maximum atomic E-state index is 14.3. The molecule has 1 aromatic carbocycles. The molecule has 0 fully saturated rings. The van der Waals surface area contributed by atoms with E-state index in [1.54, 1.807) is 36.4 Å². The topological polar surface area (TPSA) is 73.4 Å². The van der Waals surface area contributed by atoms with Crippen LogP contribution in [-0.4, -0.2) is 20.9 Å². The van der Waals surface area contributed by atoms with Crippen molar-refractivity contribution in [3.63, 3.8) is 0 Å². The van der Waals surface area contributed by atoms with Gasteiger partial charge in [0.25, 0.3) is 5.95 Å². The number of thioether (sulfide) groups is 1. The molecule has 0 bridgehead atoms. The van der Waals surface area contributed by atoms with Crippen LogP contribution in [-0.2, 0) is 5.54 Å². The molecule has 0 saturated carbocycles. The number of aromatic nitrogens is 2. The molecule has 2 aliphatic heterocycles. The Labute approximate surface area is 157 Å². The van der Waals surface area contributed by atoms with Crippen molar-refractivity contribution in [1.82, 2.24) is 9.97 Å². The Hall–Kier alpha value is -3.00. The molecule has 4 heterocycles. The quantitative estimate of drug-likeness (QED) is 0.648. The third-order valence-electron chi connectivity index (χ3n) is 4.74. The average molecular weight is 382 g/mol. The summed E-state index contributed by atoms with van der Waals surface area (Å²) < 4.78 is 34.3. The highest BCUT2D eigenvalue weighted by Gasteiger charge is 2.47. The number of fused-ring (bicyclic) bond motifs is 4. The van der Waals surface area contributed by atoms with Crippen molar-refractivity contribution in [3.8, 4) is 22.6 Å². The third kappa shape index (κ3) is 2.33. The van der Waals surface area contributed by atoms with Gasteiger partial charge in [-0.25, -0.2) is 15.0 Å². The normalized spacial score (nSPS) is 20.0. The highest BCUT2D eigenvalue weighted by molar-refractivity contribution is 8.14. The molecule has 27 heavy (non-hydrogen) atoms. The maximum absolute atomic E-state index is 14.3. The van der Waals surface area contributed by atoms with Gasteiger partial charge in [0.2, 0.25) is 5.95 Å². The highest BCUT2D eigenvalue weighted by Crippen LogP contribution is 2.53. The molecule has 0 saturated heterocycles. The monoisotopic (exact) mass is 382 g/mol. The van der Waals surface area contributed by atoms with Crippen molar-refractivity contribution in [1.29, 1.82) is 0 Å². The lowest BCUT2D eigenvalue weighted by Crippen LogP contribution is -2.30. The van der Waals surface area contributed by atoms with Crippen LogP contribution in [0.15, 0.2) is 53.8 Å². The van der Waals surface area contributed by atoms with Gasteiger partial charge < -0.3 is 10.5 Å². The summed E-state index contributed by atoms with van der Waals surface area (Å²) in [6.07, 6.45) is 2.77. The molecule has 1 atom stereocenters. The number of hydrogen-bond acceptors (Lipinski definition) is 6. The van der Waals surface area contributed by atoms with E-state index in [1.165, 1.54) is 24.2 Å². The van der Waals surface area contributed by atoms with E-state index < -0.39 is 17.4 Å². The van der Waals surface area contributed by atoms with Crippen molar-refractivity contribution < 1.29 is 13.5 Å². The SMILES string of the molecule is NC1=NC2(CS1)c1cc(-c3cccnc3F)ccc1Oc1c2ccnc1F. The lowest BCUT2D eigenvalue weighted by Gasteiger charge is -2.34. The highest BCUT2D eigenvalue weighted by atomic mass is 32.2. The number of ether oxygens (including phenoxy) is 1. The smallest absolute Gasteiger partial charge is 0.256 e. The van der Waals surface area contributed by atoms with E-state index in [2.05, 4.69) is 15.0 Å². The van der Waals surface area contributed by atoms with E-state index in [0.29, 0.717) is 38.9 Å². The lowest BCUT2D eigenvalue weighted by molar-refractivity contribution is 0.379. The fraction of sp³-hybridized carbons (Fsp3) is 0.105. The Balaban J connectivity index is 1.77. The molecule has 2 aromatic heterocycles. The number of rotatable bonds is 1. The lowest BCUT2D eigenvalue weighted by atomic mass is 9.81. The molecule has 1 spiro atoms. The third-order valence-corrected chi connectivity index (χ3v) is 5.69. The molecule has 5 nitrogen and oxygen atoms in total. The molecule has 3 aromatic rings. The molecular formula is C19H12F2N4OS. The fourth-order valence-electron chi connectivity index (χ4n) is 3.52. The Bertz CT molecular complexity index is 1120. The van der Waals surface area contributed by atoms with Crippen LogP contribution < -0.4 is 10.5 Å². The van der Waals surface area contributed by atoms with Crippen LogP contribution in [0.3, 0.4) is 0 Å². The van der Waals surface area contributed by atoms with E-state index in [-0.39, 0.29) is 5.75 Å². The van der Waals surface area contributed by atoms with Gasteiger partial charge in [-0.3, -0.25) is 0 Å². The number of nitrogens with two attached hydrogens (primary N) is 1. The summed E-state index contributed by atoms with van der Waals surface area (Å²) in [4.78, 5) is 12.0. The second-order valence-corrected chi connectivity index (χ2v) is 7.23. The molecule has 8 heteroatoms. The summed E-state index contributed by atoms with van der Waals surface area (Å²) in [5.41, 5.74) is 7.31. The Morgan fingerprint density at radius 3 is 2.67 bits per heavy atom. The number of benzene rings is 1. The van der Waals surface area contributed by atoms with Gasteiger partial charge in [0, 0.05) is 34.8 Å². The van der Waals surface area contributed by atoms with Crippen LogP contribution in [0.5, 0.6) is 11.5 Å². The summed E-state index contributed by atoms with van der Waals surface area (Å²) in [5, 5.41) is 0.406. The second kappa shape index (κ2) is 5.75. The Morgan fingerprint density at radius 1 is 1.04 bits per heavy atom. The zero-order valence-corrected chi connectivity index (χ0v) is 14.6. The minimum atomic E-state index is -0.907. The van der Waals surface area contributed by atoms with Crippen LogP contribution in [0.4, 0.5) is 8.78 Å². The Kier molecular flexibility index (Phi) is 3.45. The van der Waals surface area contributed by atoms with Crippen LogP contribution >= 0.6 is 11.8 Å². The molecule has 0 aliphatic carbocycles. The van der Waals surface area contributed by atoms with Gasteiger partial charge in [-0.05, 0) is 35.9 Å². The second-order valence-electron chi connectivity index (χ2n) is 6.23. The van der Waals surface area contributed by atoms with Gasteiger partial charge in [-0.15, -0.1) is 0 Å². The molecule has 2 aliphatic rings. The van der Waals surface area contributed by atoms with Gasteiger partial charge >= 0.3 is 0 Å². The summed E-state index contributed by atoms with van der Waals surface area (Å²) in [5.74, 6) is -0.288. The standard InChI is InChI=1S/C19H12F2N4OS/c20-16-11(2-1-6-23-16)10-3-4-14-13(8-10)19(9-27-18(22)25-19)12-5-7-24-17(21)15(12)26-14/h1-8H,9H2,(H2,22,25). The predicted molar refractivity (Wildman–Crippen MR) is 98.8 cm³/mol. The van der Waals surface area contributed by atoms with Crippen LogP contribution in [0.25, 0.3) is 11.1 Å². The van der Waals surface area contributed by atoms with Gasteiger partial charge in [0.05, 0.1) is 0 Å². The van der Waals surface area contributed by atoms with E-state index in [4.69, 9.17) is 10.5 Å². The number of amidine groups is 1. The largest absolute Gasteiger partial charge is 0.452 e. The summed E-state index contributed by atoms with van der Waals surface area (Å²) >= 11 is 1.38. The molecular weight excluding hydrogens is 370 g/mol. The Morgan fingerprint density at radius 2 is 1.89 bits per heavy atom. The minimum absolute atomic E-state index is 0.0457. The zero-order chi connectivity index (χ0) is 18.6. The van der Waals surface area contributed by atoms with Gasteiger partial charge in [-0.1, -0.05) is 17.8 Å². The van der Waals surface area contributed by atoms with Crippen molar-refractivity contribution in [3.05, 3.63) is 71.8 Å². The first kappa shape index (κ1) is 16.2. The maximum Gasteiger partial charge on any atom is 0.256 e. The fourth-order valence-corrected chi connectivity index (χ4v) is 4.47. The number of nitrogens with zero attached hydrogens (tertiary/aromatic N) is 3. The summed E-state index contributed by atoms with van der Waals surface area (Å²) in [6, 6.07) is 10.2. The molecule has 0 amide bonds. The van der Waals surface area contributed by atoms with E-state index in [9.17, 15) is 8.78 Å². The molecule has 5 rings (SSSR count). The average Bonchev–Trinajstić information content (AvgIpc) is 3.06. The van der Waals surface area contributed by atoms with Crippen molar-refractivity contribution in [2.45, 2.75) is 5.54 Å². The van der Waals surface area contributed by atoms with E-state index in [0.717, 1.165) is 0 Å². The van der Waals surface area contributed by atoms with E-state index >= 15 is 0 Å². The number of halogens is 2. The number of hydrogen-bond donors (Lipinski definition) is 1. The predicted octanol–water partition coefficient (Wildman–Crippen LogP) is 3.83. The molecule has 134 valence electrons. The summed E-state index contributed by atoms with van der Waals surface area (Å²) in [6.45, 7) is 0. The van der Waals surface area contributed by atoms with Gasteiger partial charge in [0.15, 0.2) is 10.9 Å². The van der Waals surface area contributed by atoms with Crippen molar-refractivity contribution >= 4 is 16.9 Å². The first-order valence-corrected chi connectivity index (χ1v) is 9.13.